The molecule has 222 valence electrons. The van der Waals surface area contributed by atoms with Gasteiger partial charge in [0.2, 0.25) is 17.7 Å². The summed E-state index contributed by atoms with van der Waals surface area (Å²) in [5.41, 5.74) is -0.675. The van der Waals surface area contributed by atoms with Crippen molar-refractivity contribution in [3.05, 3.63) is 40.4 Å². The Labute approximate surface area is 251 Å². The summed E-state index contributed by atoms with van der Waals surface area (Å²) in [5, 5.41) is 6.87. The van der Waals surface area contributed by atoms with E-state index in [2.05, 4.69) is 27.4 Å². The Bertz CT molecular complexity index is 1220. The van der Waals surface area contributed by atoms with E-state index in [1.807, 2.05) is 12.2 Å². The molecule has 5 atom stereocenters. The number of hydrogen-bond acceptors (Lipinski definition) is 6. The van der Waals surface area contributed by atoms with Crippen LogP contribution in [0, 0.1) is 11.8 Å². The van der Waals surface area contributed by atoms with Gasteiger partial charge in [0.05, 0.1) is 28.0 Å². The summed E-state index contributed by atoms with van der Waals surface area (Å²) in [4.78, 5) is 48.3. The number of nitrogens with one attached hydrogen (secondary N) is 2. The van der Waals surface area contributed by atoms with Crippen LogP contribution in [0.25, 0.3) is 0 Å². The molecule has 11 heteroatoms. The Hall–Kier alpha value is -2.17. The third-order valence-corrected chi connectivity index (χ3v) is 10.4. The average Bonchev–Trinajstić information content (AvgIpc) is 3.62. The number of benzene rings is 1. The Morgan fingerprint density at radius 1 is 1.00 bits per heavy atom. The van der Waals surface area contributed by atoms with Crippen LogP contribution in [0.3, 0.4) is 0 Å². The molecule has 1 saturated carbocycles. The van der Waals surface area contributed by atoms with Crippen LogP contribution in [-0.2, 0) is 19.1 Å². The minimum Gasteiger partial charge on any atom is -0.359 e. The highest BCUT2D eigenvalue weighted by Gasteiger charge is 2.72. The van der Waals surface area contributed by atoms with Crippen molar-refractivity contribution in [3.63, 3.8) is 0 Å². The van der Waals surface area contributed by atoms with Gasteiger partial charge in [0.15, 0.2) is 0 Å². The maximum atomic E-state index is 14.2. The molecular formula is C30H39Cl2N5O4. The average molecular weight is 605 g/mol. The van der Waals surface area contributed by atoms with Crippen LogP contribution < -0.4 is 10.6 Å². The molecule has 1 aromatic rings. The first-order valence-electron chi connectivity index (χ1n) is 15.0. The molecule has 3 amide bonds. The fourth-order valence-corrected chi connectivity index (χ4v) is 7.71. The maximum absolute atomic E-state index is 14.2. The molecule has 6 rings (SSSR count). The Morgan fingerprint density at radius 2 is 1.73 bits per heavy atom. The maximum Gasteiger partial charge on any atom is 0.246 e. The first kappa shape index (κ1) is 28.9. The quantitative estimate of drug-likeness (QED) is 0.443. The van der Waals surface area contributed by atoms with Crippen LogP contribution >= 0.6 is 23.2 Å². The molecule has 1 spiro atoms. The fraction of sp³-hybridized carbons (Fsp3) is 0.633. The van der Waals surface area contributed by atoms with Gasteiger partial charge in [-0.1, -0.05) is 61.5 Å². The van der Waals surface area contributed by atoms with E-state index in [0.717, 1.165) is 58.4 Å². The second-order valence-electron chi connectivity index (χ2n) is 12.0. The van der Waals surface area contributed by atoms with E-state index in [1.165, 1.54) is 6.42 Å². The molecule has 3 unspecified atom stereocenters. The molecule has 2 N–H and O–H groups in total. The van der Waals surface area contributed by atoms with Crippen LogP contribution in [0.4, 0.5) is 5.69 Å². The number of hydrogen-bond donors (Lipinski definition) is 2. The van der Waals surface area contributed by atoms with Gasteiger partial charge in [0.25, 0.3) is 0 Å². The van der Waals surface area contributed by atoms with Crippen LogP contribution in [0.2, 0.25) is 10.0 Å². The molecule has 9 nitrogen and oxygen atoms in total. The van der Waals surface area contributed by atoms with Gasteiger partial charge in [-0.15, -0.1) is 0 Å². The lowest BCUT2D eigenvalue weighted by Crippen LogP contribution is -2.57. The molecular weight excluding hydrogens is 565 g/mol. The van der Waals surface area contributed by atoms with Crippen molar-refractivity contribution in [2.75, 3.05) is 51.1 Å². The molecule has 3 saturated heterocycles. The number of piperazine rings is 1. The van der Waals surface area contributed by atoms with Crippen LogP contribution in [0.15, 0.2) is 30.4 Å². The smallest absolute Gasteiger partial charge is 0.246 e. The van der Waals surface area contributed by atoms with E-state index >= 15 is 0 Å². The summed E-state index contributed by atoms with van der Waals surface area (Å²) < 4.78 is 6.48. The zero-order valence-corrected chi connectivity index (χ0v) is 25.0. The second-order valence-corrected chi connectivity index (χ2v) is 12.8. The standard InChI is InChI=1S/C30H39Cl2N5O4/c1-2-35-12-14-36(15-13-35)16-17-37-26(28(39)33-19-6-4-3-5-7-19)30-11-10-23(41-30)24(25(30)29(37)40)27(38)34-20-8-9-21(31)22(32)18-20/h8-11,18-19,23-26H,2-7,12-17H2,1H3,(H,33,39)(H,34,38)/t23-,24?,25-,26?,30?/m1/s1. The monoisotopic (exact) mass is 603 g/mol. The number of likely N-dealkylation sites (N-methyl/N-ethyl adjacent to an activating group) is 1. The number of likely N-dealkylation sites (tertiary alicyclic amines) is 1. The lowest BCUT2D eigenvalue weighted by Gasteiger charge is -2.37. The summed E-state index contributed by atoms with van der Waals surface area (Å²) in [6.07, 6.45) is 8.38. The number of amides is 3. The van der Waals surface area contributed by atoms with E-state index in [-0.39, 0.29) is 23.8 Å². The van der Waals surface area contributed by atoms with Gasteiger partial charge < -0.3 is 25.2 Å². The van der Waals surface area contributed by atoms with Gasteiger partial charge >= 0.3 is 0 Å². The summed E-state index contributed by atoms with van der Waals surface area (Å²) in [6, 6.07) is 4.16. The molecule has 0 radical (unpaired) electrons. The molecule has 41 heavy (non-hydrogen) atoms. The van der Waals surface area contributed by atoms with Gasteiger partial charge in [0.1, 0.15) is 11.6 Å². The molecule has 0 aromatic heterocycles. The highest BCUT2D eigenvalue weighted by Crippen LogP contribution is 2.55. The third kappa shape index (κ3) is 5.40. The zero-order chi connectivity index (χ0) is 28.7. The van der Waals surface area contributed by atoms with Crippen molar-refractivity contribution in [1.29, 1.82) is 0 Å². The predicted octanol–water partition coefficient (Wildman–Crippen LogP) is 3.17. The molecule has 2 bridgehead atoms. The van der Waals surface area contributed by atoms with Gasteiger partial charge in [-0.2, -0.15) is 0 Å². The van der Waals surface area contributed by atoms with Gasteiger partial charge in [0, 0.05) is 51.0 Å². The van der Waals surface area contributed by atoms with E-state index in [4.69, 9.17) is 27.9 Å². The SMILES string of the molecule is CCN1CCN(CCN2C(=O)[C@H]3C(C(=O)Nc4ccc(Cl)c(Cl)c4)[C@H]4C=CC3(O4)C2C(=O)NC2CCCCC2)CC1. The van der Waals surface area contributed by atoms with Crippen LogP contribution in [-0.4, -0.2) is 102 Å². The van der Waals surface area contributed by atoms with E-state index in [1.54, 1.807) is 23.1 Å². The molecule has 4 heterocycles. The van der Waals surface area contributed by atoms with Gasteiger partial charge in [-0.25, -0.2) is 0 Å². The first-order valence-corrected chi connectivity index (χ1v) is 15.7. The van der Waals surface area contributed by atoms with Crippen molar-refractivity contribution in [2.24, 2.45) is 11.8 Å². The highest BCUT2D eigenvalue weighted by atomic mass is 35.5. The molecule has 1 aromatic carbocycles. The van der Waals surface area contributed by atoms with Gasteiger partial charge in [-0.3, -0.25) is 19.3 Å². The number of ether oxygens (including phenoxy) is 1. The lowest BCUT2D eigenvalue weighted by atomic mass is 9.74. The minimum absolute atomic E-state index is 0.0992. The normalized spacial score (nSPS) is 32.0. The summed E-state index contributed by atoms with van der Waals surface area (Å²) in [6.45, 7) is 8.13. The van der Waals surface area contributed by atoms with Crippen molar-refractivity contribution < 1.29 is 19.1 Å². The van der Waals surface area contributed by atoms with Gasteiger partial charge in [-0.05, 0) is 37.6 Å². The lowest BCUT2D eigenvalue weighted by molar-refractivity contribution is -0.141. The summed E-state index contributed by atoms with van der Waals surface area (Å²) in [7, 11) is 0. The topological polar surface area (TPSA) is 94.2 Å². The molecule has 4 aliphatic heterocycles. The molecule has 5 aliphatic rings. The third-order valence-electron chi connectivity index (χ3n) is 9.63. The second kappa shape index (κ2) is 11.8. The number of carbonyl (C=O) groups excluding carboxylic acids is 3. The van der Waals surface area contributed by atoms with Crippen molar-refractivity contribution in [3.8, 4) is 0 Å². The minimum atomic E-state index is -1.17. The Kier molecular flexibility index (Phi) is 8.35. The number of nitrogens with zero attached hydrogens (tertiary/aromatic N) is 3. The first-order chi connectivity index (χ1) is 19.8. The largest absolute Gasteiger partial charge is 0.359 e. The zero-order valence-electron chi connectivity index (χ0n) is 23.5. The highest BCUT2D eigenvalue weighted by molar-refractivity contribution is 6.42. The number of halogens is 2. The van der Waals surface area contributed by atoms with Crippen molar-refractivity contribution in [2.45, 2.75) is 62.8 Å². The fourth-order valence-electron chi connectivity index (χ4n) is 7.41. The number of fused-ring (bicyclic) bond motifs is 1. The van der Waals surface area contributed by atoms with E-state index < -0.39 is 29.6 Å². The molecule has 4 fully saturated rings. The molecule has 1 aliphatic carbocycles. The Balaban J connectivity index is 1.24. The van der Waals surface area contributed by atoms with Crippen LogP contribution in [0.1, 0.15) is 39.0 Å². The summed E-state index contributed by atoms with van der Waals surface area (Å²) >= 11 is 12.2. The van der Waals surface area contributed by atoms with E-state index in [0.29, 0.717) is 28.8 Å². The van der Waals surface area contributed by atoms with E-state index in [9.17, 15) is 14.4 Å². The van der Waals surface area contributed by atoms with Crippen molar-refractivity contribution >= 4 is 46.6 Å². The number of carbonyl (C=O) groups is 3. The van der Waals surface area contributed by atoms with Crippen molar-refractivity contribution in [1.82, 2.24) is 20.0 Å². The predicted molar refractivity (Wildman–Crippen MR) is 158 cm³/mol. The van der Waals surface area contributed by atoms with Crippen LogP contribution in [0.5, 0.6) is 0 Å². The number of rotatable bonds is 8. The number of anilines is 1. The summed E-state index contributed by atoms with van der Waals surface area (Å²) in [5.74, 6) is -2.24. The Morgan fingerprint density at radius 3 is 2.44 bits per heavy atom.